The van der Waals surface area contributed by atoms with Gasteiger partial charge in [-0.3, -0.25) is 0 Å². The molecule has 17 heavy (non-hydrogen) atoms. The van der Waals surface area contributed by atoms with Crippen LogP contribution >= 0.6 is 0 Å². The van der Waals surface area contributed by atoms with E-state index in [-0.39, 0.29) is 0 Å². The second-order valence-corrected chi connectivity index (χ2v) is 5.03. The minimum absolute atomic E-state index is 0.414. The highest BCUT2D eigenvalue weighted by molar-refractivity contribution is 5.42. The Bertz CT molecular complexity index is 371. The first-order chi connectivity index (χ1) is 8.11. The summed E-state index contributed by atoms with van der Waals surface area (Å²) < 4.78 is 0. The van der Waals surface area contributed by atoms with Crippen molar-refractivity contribution in [2.45, 2.75) is 39.7 Å². The molecule has 94 valence electrons. The van der Waals surface area contributed by atoms with Gasteiger partial charge >= 0.3 is 0 Å². The van der Waals surface area contributed by atoms with E-state index in [1.807, 2.05) is 13.8 Å². The Morgan fingerprint density at radius 1 is 1.41 bits per heavy atom. The summed E-state index contributed by atoms with van der Waals surface area (Å²) in [6, 6.07) is 2.48. The molecule has 0 saturated carbocycles. The SMILES string of the molecule is Cc1cc(N2CCCC(C)C2CN)nc(C)n1. The van der Waals surface area contributed by atoms with E-state index in [0.717, 1.165) is 23.9 Å². The minimum atomic E-state index is 0.414. The fourth-order valence-corrected chi connectivity index (χ4v) is 2.74. The zero-order chi connectivity index (χ0) is 12.4. The van der Waals surface area contributed by atoms with E-state index in [0.29, 0.717) is 18.5 Å². The Labute approximate surface area is 103 Å². The first-order valence-electron chi connectivity index (χ1n) is 6.41. The van der Waals surface area contributed by atoms with Gasteiger partial charge in [0, 0.05) is 30.9 Å². The van der Waals surface area contributed by atoms with Gasteiger partial charge in [0.1, 0.15) is 11.6 Å². The fraction of sp³-hybridized carbons (Fsp3) is 0.692. The van der Waals surface area contributed by atoms with Gasteiger partial charge < -0.3 is 10.6 Å². The monoisotopic (exact) mass is 234 g/mol. The van der Waals surface area contributed by atoms with Crippen LogP contribution < -0.4 is 10.6 Å². The molecule has 0 bridgehead atoms. The lowest BCUT2D eigenvalue weighted by molar-refractivity contribution is 0.347. The molecule has 4 heteroatoms. The van der Waals surface area contributed by atoms with Crippen molar-refractivity contribution in [3.63, 3.8) is 0 Å². The van der Waals surface area contributed by atoms with Gasteiger partial charge in [-0.2, -0.15) is 0 Å². The van der Waals surface area contributed by atoms with Crippen LogP contribution in [-0.2, 0) is 0 Å². The molecule has 1 aromatic heterocycles. The Morgan fingerprint density at radius 3 is 2.82 bits per heavy atom. The molecule has 4 nitrogen and oxygen atoms in total. The molecule has 0 aliphatic carbocycles. The molecule has 0 radical (unpaired) electrons. The number of hydrogen-bond donors (Lipinski definition) is 1. The molecule has 1 aliphatic heterocycles. The Kier molecular flexibility index (Phi) is 3.62. The van der Waals surface area contributed by atoms with Gasteiger partial charge in [0.15, 0.2) is 0 Å². The number of aryl methyl sites for hydroxylation is 2. The largest absolute Gasteiger partial charge is 0.352 e. The molecule has 1 fully saturated rings. The molecule has 0 aromatic carbocycles. The van der Waals surface area contributed by atoms with Crippen LogP contribution in [0.3, 0.4) is 0 Å². The molecule has 1 aromatic rings. The van der Waals surface area contributed by atoms with Crippen molar-refractivity contribution < 1.29 is 0 Å². The molecular formula is C13H22N4. The molecule has 2 rings (SSSR count). The summed E-state index contributed by atoms with van der Waals surface area (Å²) >= 11 is 0. The van der Waals surface area contributed by atoms with Gasteiger partial charge in [0.05, 0.1) is 0 Å². The van der Waals surface area contributed by atoms with Gasteiger partial charge in [-0.1, -0.05) is 6.92 Å². The van der Waals surface area contributed by atoms with Gasteiger partial charge in [-0.15, -0.1) is 0 Å². The van der Waals surface area contributed by atoms with Crippen LogP contribution in [0.2, 0.25) is 0 Å². The van der Waals surface area contributed by atoms with Crippen LogP contribution in [-0.4, -0.2) is 29.1 Å². The van der Waals surface area contributed by atoms with Crippen LogP contribution in [0.1, 0.15) is 31.3 Å². The third-order valence-corrected chi connectivity index (χ3v) is 3.60. The van der Waals surface area contributed by atoms with Gasteiger partial charge in [-0.25, -0.2) is 9.97 Å². The van der Waals surface area contributed by atoms with Crippen LogP contribution in [0.15, 0.2) is 6.07 Å². The number of hydrogen-bond acceptors (Lipinski definition) is 4. The number of piperidine rings is 1. The summed E-state index contributed by atoms with van der Waals surface area (Å²) in [4.78, 5) is 11.2. The third kappa shape index (κ3) is 2.57. The smallest absolute Gasteiger partial charge is 0.132 e. The van der Waals surface area contributed by atoms with Gasteiger partial charge in [0.2, 0.25) is 0 Å². The summed E-state index contributed by atoms with van der Waals surface area (Å²) in [5.74, 6) is 2.52. The van der Waals surface area contributed by atoms with E-state index < -0.39 is 0 Å². The molecule has 2 heterocycles. The summed E-state index contributed by atoms with van der Waals surface area (Å²) in [6.07, 6.45) is 2.49. The van der Waals surface area contributed by atoms with Crippen molar-refractivity contribution in [2.75, 3.05) is 18.0 Å². The molecule has 2 unspecified atom stereocenters. The quantitative estimate of drug-likeness (QED) is 0.845. The molecule has 2 N–H and O–H groups in total. The Hall–Kier alpha value is -1.16. The van der Waals surface area contributed by atoms with Crippen LogP contribution in [0, 0.1) is 19.8 Å². The van der Waals surface area contributed by atoms with Crippen LogP contribution in [0.4, 0.5) is 5.82 Å². The normalized spacial score (nSPS) is 25.1. The van der Waals surface area contributed by atoms with Crippen molar-refractivity contribution in [2.24, 2.45) is 11.7 Å². The minimum Gasteiger partial charge on any atom is -0.352 e. The van der Waals surface area contributed by atoms with Crippen LogP contribution in [0.5, 0.6) is 0 Å². The summed E-state index contributed by atoms with van der Waals surface area (Å²) in [5.41, 5.74) is 6.94. The highest BCUT2D eigenvalue weighted by Crippen LogP contribution is 2.27. The van der Waals surface area contributed by atoms with Crippen molar-refractivity contribution in [3.8, 4) is 0 Å². The van der Waals surface area contributed by atoms with Gasteiger partial charge in [-0.05, 0) is 32.6 Å². The highest BCUT2D eigenvalue weighted by Gasteiger charge is 2.28. The van der Waals surface area contributed by atoms with E-state index in [2.05, 4.69) is 27.9 Å². The van der Waals surface area contributed by atoms with Crippen molar-refractivity contribution >= 4 is 5.82 Å². The number of nitrogens with two attached hydrogens (primary N) is 1. The fourth-order valence-electron chi connectivity index (χ4n) is 2.74. The van der Waals surface area contributed by atoms with Crippen molar-refractivity contribution in [1.82, 2.24) is 9.97 Å². The first kappa shape index (κ1) is 12.3. The third-order valence-electron chi connectivity index (χ3n) is 3.60. The van der Waals surface area contributed by atoms with E-state index in [4.69, 9.17) is 5.73 Å². The number of anilines is 1. The second kappa shape index (κ2) is 5.00. The molecule has 0 amide bonds. The van der Waals surface area contributed by atoms with E-state index in [1.165, 1.54) is 12.8 Å². The van der Waals surface area contributed by atoms with E-state index >= 15 is 0 Å². The maximum atomic E-state index is 5.91. The van der Waals surface area contributed by atoms with Crippen LogP contribution in [0.25, 0.3) is 0 Å². The zero-order valence-electron chi connectivity index (χ0n) is 11.0. The summed E-state index contributed by atoms with van der Waals surface area (Å²) in [6.45, 7) is 8.00. The predicted octanol–water partition coefficient (Wildman–Crippen LogP) is 1.66. The number of nitrogens with zero attached hydrogens (tertiary/aromatic N) is 3. The molecular weight excluding hydrogens is 212 g/mol. The predicted molar refractivity (Wildman–Crippen MR) is 70.1 cm³/mol. The number of aromatic nitrogens is 2. The number of rotatable bonds is 2. The highest BCUT2D eigenvalue weighted by atomic mass is 15.2. The lowest BCUT2D eigenvalue weighted by Crippen LogP contribution is -2.49. The van der Waals surface area contributed by atoms with Crippen molar-refractivity contribution in [3.05, 3.63) is 17.6 Å². The van der Waals surface area contributed by atoms with E-state index in [9.17, 15) is 0 Å². The second-order valence-electron chi connectivity index (χ2n) is 5.03. The summed E-state index contributed by atoms with van der Waals surface area (Å²) in [5, 5.41) is 0. The molecule has 1 saturated heterocycles. The maximum Gasteiger partial charge on any atom is 0.132 e. The van der Waals surface area contributed by atoms with E-state index in [1.54, 1.807) is 0 Å². The molecule has 1 aliphatic rings. The Balaban J connectivity index is 2.30. The molecule has 0 spiro atoms. The lowest BCUT2D eigenvalue weighted by atomic mass is 9.91. The average Bonchev–Trinajstić information content (AvgIpc) is 2.27. The average molecular weight is 234 g/mol. The first-order valence-corrected chi connectivity index (χ1v) is 6.41. The topological polar surface area (TPSA) is 55.0 Å². The van der Waals surface area contributed by atoms with Gasteiger partial charge in [0.25, 0.3) is 0 Å². The zero-order valence-corrected chi connectivity index (χ0v) is 11.0. The summed E-state index contributed by atoms with van der Waals surface area (Å²) in [7, 11) is 0. The maximum absolute atomic E-state index is 5.91. The standard InChI is InChI=1S/C13H22N4/c1-9-5-4-6-17(12(9)8-14)13-7-10(2)15-11(3)16-13/h7,9,12H,4-6,8,14H2,1-3H3. The lowest BCUT2D eigenvalue weighted by Gasteiger charge is -2.40. The molecule has 2 atom stereocenters. The Morgan fingerprint density at radius 2 is 2.18 bits per heavy atom. The van der Waals surface area contributed by atoms with Crippen molar-refractivity contribution in [1.29, 1.82) is 0 Å².